The van der Waals surface area contributed by atoms with Crippen LogP contribution in [0.4, 0.5) is 13.2 Å². The van der Waals surface area contributed by atoms with Gasteiger partial charge in [0.05, 0.1) is 13.2 Å². The van der Waals surface area contributed by atoms with Crippen LogP contribution in [-0.2, 0) is 6.42 Å². The molecule has 162 valence electrons. The van der Waals surface area contributed by atoms with Gasteiger partial charge >= 0.3 is 0 Å². The first kappa shape index (κ1) is 21.1. The molecule has 0 saturated carbocycles. The number of ether oxygens (including phenoxy) is 3. The molecule has 0 N–H and O–H groups in total. The Morgan fingerprint density at radius 3 is 2.29 bits per heavy atom. The summed E-state index contributed by atoms with van der Waals surface area (Å²) < 4.78 is 60.5. The van der Waals surface area contributed by atoms with Crippen molar-refractivity contribution in [3.8, 4) is 34.1 Å². The van der Waals surface area contributed by atoms with E-state index in [0.717, 1.165) is 12.8 Å². The number of benzene rings is 3. The topological polar surface area (TPSA) is 27.7 Å². The van der Waals surface area contributed by atoms with Gasteiger partial charge in [-0.1, -0.05) is 37.6 Å². The first-order valence-corrected chi connectivity index (χ1v) is 10.4. The number of hydrogen-bond donors (Lipinski definition) is 0. The van der Waals surface area contributed by atoms with Crippen molar-refractivity contribution in [3.63, 3.8) is 0 Å². The zero-order valence-electron chi connectivity index (χ0n) is 17.4. The highest BCUT2D eigenvalue weighted by molar-refractivity contribution is 5.69. The van der Waals surface area contributed by atoms with Crippen LogP contribution < -0.4 is 14.2 Å². The summed E-state index contributed by atoms with van der Waals surface area (Å²) in [6.45, 7) is 4.60. The normalized spacial score (nSPS) is 12.0. The summed E-state index contributed by atoms with van der Waals surface area (Å²) in [5.41, 5.74) is 1.92. The molecule has 3 aromatic rings. The van der Waals surface area contributed by atoms with Crippen LogP contribution in [0.25, 0.3) is 11.1 Å². The maximum Gasteiger partial charge on any atom is 0.205 e. The minimum absolute atomic E-state index is 0.0873. The lowest BCUT2D eigenvalue weighted by molar-refractivity contribution is 0.306. The Morgan fingerprint density at radius 1 is 0.839 bits per heavy atom. The molecule has 0 amide bonds. The van der Waals surface area contributed by atoms with E-state index >= 15 is 4.39 Å². The van der Waals surface area contributed by atoms with E-state index < -0.39 is 17.5 Å². The van der Waals surface area contributed by atoms with Crippen LogP contribution in [0.5, 0.6) is 23.0 Å². The molecule has 0 atom stereocenters. The summed E-state index contributed by atoms with van der Waals surface area (Å²) >= 11 is 0. The maximum atomic E-state index is 15.3. The fourth-order valence-corrected chi connectivity index (χ4v) is 3.58. The first-order chi connectivity index (χ1) is 15.0. The number of fused-ring (bicyclic) bond motifs is 2. The number of halogens is 3. The van der Waals surface area contributed by atoms with E-state index in [0.29, 0.717) is 34.6 Å². The summed E-state index contributed by atoms with van der Waals surface area (Å²) in [7, 11) is 0. The van der Waals surface area contributed by atoms with Crippen molar-refractivity contribution >= 4 is 0 Å². The summed E-state index contributed by atoms with van der Waals surface area (Å²) in [6, 6.07) is 11.9. The van der Waals surface area contributed by atoms with Crippen molar-refractivity contribution < 1.29 is 27.4 Å². The molecule has 0 aromatic heterocycles. The van der Waals surface area contributed by atoms with Crippen molar-refractivity contribution in [1.29, 1.82) is 0 Å². The van der Waals surface area contributed by atoms with Gasteiger partial charge in [-0.3, -0.25) is 0 Å². The highest BCUT2D eigenvalue weighted by atomic mass is 19.2. The Kier molecular flexibility index (Phi) is 6.07. The molecule has 31 heavy (non-hydrogen) atoms. The van der Waals surface area contributed by atoms with Crippen molar-refractivity contribution in [3.05, 3.63) is 71.0 Å². The van der Waals surface area contributed by atoms with Gasteiger partial charge < -0.3 is 14.2 Å². The molecule has 1 aliphatic heterocycles. The molecule has 0 aliphatic carbocycles. The first-order valence-electron chi connectivity index (χ1n) is 10.4. The third-order valence-corrected chi connectivity index (χ3v) is 5.20. The van der Waals surface area contributed by atoms with Crippen LogP contribution in [0, 0.1) is 17.5 Å². The fraction of sp³-hybridized carbons (Fsp3) is 0.280. The largest absolute Gasteiger partial charge is 0.494 e. The zero-order valence-corrected chi connectivity index (χ0v) is 17.4. The lowest BCUT2D eigenvalue weighted by atomic mass is 9.95. The lowest BCUT2D eigenvalue weighted by Gasteiger charge is -2.23. The van der Waals surface area contributed by atoms with Crippen molar-refractivity contribution in [2.24, 2.45) is 0 Å². The van der Waals surface area contributed by atoms with E-state index in [9.17, 15) is 8.78 Å². The van der Waals surface area contributed by atoms with Crippen molar-refractivity contribution in [1.82, 2.24) is 0 Å². The Hall–Kier alpha value is -3.15. The molecule has 0 spiro atoms. The molecule has 6 heteroatoms. The van der Waals surface area contributed by atoms with Gasteiger partial charge in [-0.2, -0.15) is 8.78 Å². The monoisotopic (exact) mass is 428 g/mol. The smallest absolute Gasteiger partial charge is 0.205 e. The molecule has 0 saturated heterocycles. The Balaban J connectivity index is 1.64. The molecule has 0 fully saturated rings. The molecular weight excluding hydrogens is 405 g/mol. The predicted molar refractivity (Wildman–Crippen MR) is 113 cm³/mol. The van der Waals surface area contributed by atoms with E-state index in [1.807, 2.05) is 0 Å². The molecule has 4 rings (SSSR count). The van der Waals surface area contributed by atoms with E-state index in [-0.39, 0.29) is 30.3 Å². The third kappa shape index (κ3) is 4.07. The third-order valence-electron chi connectivity index (χ3n) is 5.20. The average molecular weight is 428 g/mol. The summed E-state index contributed by atoms with van der Waals surface area (Å²) in [6.07, 6.45) is 2.21. The van der Waals surface area contributed by atoms with Gasteiger partial charge in [0.25, 0.3) is 0 Å². The van der Waals surface area contributed by atoms with Gasteiger partial charge in [0, 0.05) is 23.1 Å². The van der Waals surface area contributed by atoms with Gasteiger partial charge in [-0.25, -0.2) is 4.39 Å². The van der Waals surface area contributed by atoms with Gasteiger partial charge in [0.15, 0.2) is 23.1 Å². The van der Waals surface area contributed by atoms with Gasteiger partial charge in [-0.05, 0) is 37.1 Å². The summed E-state index contributed by atoms with van der Waals surface area (Å²) in [4.78, 5) is 0. The Bertz CT molecular complexity index is 1090. The summed E-state index contributed by atoms with van der Waals surface area (Å²) in [5.74, 6) is -2.78. The maximum absolute atomic E-state index is 15.3. The predicted octanol–water partition coefficient (Wildman–Crippen LogP) is 7.05. The number of hydrogen-bond acceptors (Lipinski definition) is 3. The molecule has 3 aromatic carbocycles. The minimum Gasteiger partial charge on any atom is -0.494 e. The van der Waals surface area contributed by atoms with Gasteiger partial charge in [0.2, 0.25) is 11.6 Å². The fourth-order valence-electron chi connectivity index (χ4n) is 3.58. The molecule has 1 aliphatic rings. The quantitative estimate of drug-likeness (QED) is 0.295. The van der Waals surface area contributed by atoms with Crippen LogP contribution in [0.3, 0.4) is 0 Å². The van der Waals surface area contributed by atoms with E-state index in [2.05, 4.69) is 6.92 Å². The highest BCUT2D eigenvalue weighted by Gasteiger charge is 2.29. The van der Waals surface area contributed by atoms with E-state index in [1.54, 1.807) is 43.3 Å². The second-order valence-electron chi connectivity index (χ2n) is 7.34. The van der Waals surface area contributed by atoms with Gasteiger partial charge in [0.1, 0.15) is 5.75 Å². The van der Waals surface area contributed by atoms with Crippen LogP contribution >= 0.6 is 0 Å². The lowest BCUT2D eigenvalue weighted by Crippen LogP contribution is -2.10. The van der Waals surface area contributed by atoms with E-state index in [1.165, 1.54) is 6.07 Å². The number of unbranched alkanes of at least 4 members (excludes halogenated alkanes) is 1. The molecule has 1 heterocycles. The van der Waals surface area contributed by atoms with Crippen LogP contribution in [0.15, 0.2) is 42.5 Å². The second kappa shape index (κ2) is 8.92. The molecule has 0 unspecified atom stereocenters. The number of rotatable bonds is 7. The van der Waals surface area contributed by atoms with Gasteiger partial charge in [-0.15, -0.1) is 0 Å². The average Bonchev–Trinajstić information content (AvgIpc) is 2.78. The molecule has 0 radical (unpaired) electrons. The molecular formula is C25H23F3O3. The van der Waals surface area contributed by atoms with Crippen LogP contribution in [0.1, 0.15) is 37.8 Å². The molecule has 0 bridgehead atoms. The van der Waals surface area contributed by atoms with E-state index in [4.69, 9.17) is 14.2 Å². The van der Waals surface area contributed by atoms with Crippen molar-refractivity contribution in [2.45, 2.75) is 33.1 Å². The second-order valence-corrected chi connectivity index (χ2v) is 7.34. The van der Waals surface area contributed by atoms with Crippen LogP contribution in [-0.4, -0.2) is 13.2 Å². The standard InChI is InChI=1S/C25H23F3O3/c1-3-5-12-30-18-9-6-15(7-10-18)19-11-8-16-13-17-14-20(29-4-2)22(27)23(28)25(17)31-24(16)21(19)26/h6-11,14H,3-5,12-13H2,1-2H3. The Labute approximate surface area is 179 Å². The van der Waals surface area contributed by atoms with Crippen LogP contribution in [0.2, 0.25) is 0 Å². The summed E-state index contributed by atoms with van der Waals surface area (Å²) in [5, 5.41) is 0. The zero-order chi connectivity index (χ0) is 22.0. The molecule has 3 nitrogen and oxygen atoms in total. The van der Waals surface area contributed by atoms with Crippen molar-refractivity contribution in [2.75, 3.05) is 13.2 Å². The highest BCUT2D eigenvalue weighted by Crippen LogP contribution is 2.44. The Morgan fingerprint density at radius 2 is 1.58 bits per heavy atom. The minimum atomic E-state index is -1.18. The SMILES string of the molecule is CCCCOc1ccc(-c2ccc3c(c2F)Oc2c(cc(OCC)c(F)c2F)C3)cc1.